The summed E-state index contributed by atoms with van der Waals surface area (Å²) in [7, 11) is 0. The lowest BCUT2D eigenvalue weighted by molar-refractivity contribution is -0.167. The van der Waals surface area contributed by atoms with Crippen LogP contribution in [0.1, 0.15) is 258 Å². The molecule has 1 unspecified atom stereocenters. The molecule has 0 heterocycles. The van der Waals surface area contributed by atoms with Gasteiger partial charge in [0.05, 0.1) is 0 Å². The number of esters is 3. The number of ether oxygens (including phenoxy) is 3. The van der Waals surface area contributed by atoms with Crippen molar-refractivity contribution in [2.24, 2.45) is 0 Å². The number of carbonyl (C=O) groups is 3. The maximum absolute atomic E-state index is 12.8. The van der Waals surface area contributed by atoms with Crippen molar-refractivity contribution < 1.29 is 28.6 Å². The van der Waals surface area contributed by atoms with Crippen molar-refractivity contribution in [1.82, 2.24) is 0 Å². The number of hydrogen-bond acceptors (Lipinski definition) is 6. The minimum atomic E-state index is -0.784. The quantitative estimate of drug-likeness (QED) is 0.0199. The molecule has 0 bridgehead atoms. The first-order valence-electron chi connectivity index (χ1n) is 26.3. The fraction of sp³-hybridized carbons (Fsp3) is 0.768. The number of hydrogen-bond donors (Lipinski definition) is 0. The average molecular weight is 867 g/mol. The third kappa shape index (κ3) is 48.1. The van der Waals surface area contributed by atoms with Gasteiger partial charge in [0, 0.05) is 19.3 Å². The fourth-order valence-electron chi connectivity index (χ4n) is 7.36. The second-order valence-electron chi connectivity index (χ2n) is 17.5. The van der Waals surface area contributed by atoms with Crippen LogP contribution in [0.25, 0.3) is 0 Å². The van der Waals surface area contributed by atoms with Crippen LogP contribution < -0.4 is 0 Å². The van der Waals surface area contributed by atoms with Crippen molar-refractivity contribution in [2.75, 3.05) is 13.2 Å². The summed E-state index contributed by atoms with van der Waals surface area (Å²) in [5.41, 5.74) is 0. The van der Waals surface area contributed by atoms with Gasteiger partial charge in [-0.15, -0.1) is 0 Å². The van der Waals surface area contributed by atoms with Crippen LogP contribution in [0.15, 0.2) is 60.8 Å². The lowest BCUT2D eigenvalue weighted by Gasteiger charge is -2.18. The van der Waals surface area contributed by atoms with E-state index in [9.17, 15) is 14.4 Å². The molecule has 0 aliphatic heterocycles. The summed E-state index contributed by atoms with van der Waals surface area (Å²) in [6.45, 7) is 6.50. The van der Waals surface area contributed by atoms with Gasteiger partial charge in [0.15, 0.2) is 6.10 Å². The Labute approximate surface area is 383 Å². The molecule has 0 aliphatic rings. The van der Waals surface area contributed by atoms with E-state index in [0.29, 0.717) is 19.3 Å². The van der Waals surface area contributed by atoms with Crippen molar-refractivity contribution >= 4 is 17.9 Å². The van der Waals surface area contributed by atoms with E-state index in [-0.39, 0.29) is 31.1 Å². The Balaban J connectivity index is 4.40. The van der Waals surface area contributed by atoms with Gasteiger partial charge in [-0.1, -0.05) is 229 Å². The van der Waals surface area contributed by atoms with Crippen molar-refractivity contribution in [2.45, 2.75) is 264 Å². The summed E-state index contributed by atoms with van der Waals surface area (Å²) in [5.74, 6) is -0.906. The zero-order valence-corrected chi connectivity index (χ0v) is 40.9. The predicted molar refractivity (Wildman–Crippen MR) is 265 cm³/mol. The van der Waals surface area contributed by atoms with Crippen LogP contribution in [0.3, 0.4) is 0 Å². The van der Waals surface area contributed by atoms with Crippen LogP contribution in [0.5, 0.6) is 0 Å². The van der Waals surface area contributed by atoms with Gasteiger partial charge in [0.25, 0.3) is 0 Å². The largest absolute Gasteiger partial charge is 0.462 e. The molecule has 0 saturated carbocycles. The smallest absolute Gasteiger partial charge is 0.306 e. The molecule has 6 heteroatoms. The highest BCUT2D eigenvalue weighted by Crippen LogP contribution is 2.15. The Bertz CT molecular complexity index is 1130. The predicted octanol–water partition coefficient (Wildman–Crippen LogP) is 17.3. The first-order chi connectivity index (χ1) is 30.5. The van der Waals surface area contributed by atoms with E-state index in [4.69, 9.17) is 14.2 Å². The molecule has 0 radical (unpaired) electrons. The molecule has 1 atom stereocenters. The summed E-state index contributed by atoms with van der Waals surface area (Å²) in [6.07, 6.45) is 62.0. The van der Waals surface area contributed by atoms with Gasteiger partial charge in [-0.3, -0.25) is 14.4 Å². The molecule has 358 valence electrons. The lowest BCUT2D eigenvalue weighted by Crippen LogP contribution is -2.30. The molecule has 0 rings (SSSR count). The molecule has 0 aromatic heterocycles. The van der Waals surface area contributed by atoms with Crippen LogP contribution in [-0.2, 0) is 28.6 Å². The highest BCUT2D eigenvalue weighted by molar-refractivity contribution is 5.71. The molecular weight excluding hydrogens is 769 g/mol. The summed E-state index contributed by atoms with van der Waals surface area (Å²) in [6, 6.07) is 0. The van der Waals surface area contributed by atoms with E-state index in [0.717, 1.165) is 96.3 Å². The van der Waals surface area contributed by atoms with E-state index in [1.54, 1.807) is 0 Å². The molecule has 0 fully saturated rings. The minimum Gasteiger partial charge on any atom is -0.462 e. The molecule has 0 aromatic carbocycles. The van der Waals surface area contributed by atoms with Gasteiger partial charge >= 0.3 is 17.9 Å². The number of carbonyl (C=O) groups excluding carboxylic acids is 3. The second-order valence-corrected chi connectivity index (χ2v) is 17.5. The highest BCUT2D eigenvalue weighted by atomic mass is 16.6. The Hall–Kier alpha value is -2.89. The second kappa shape index (κ2) is 50.8. The Morgan fingerprint density at radius 2 is 0.694 bits per heavy atom. The molecule has 0 spiro atoms. The Morgan fingerprint density at radius 1 is 0.355 bits per heavy atom. The Morgan fingerprint density at radius 3 is 1.10 bits per heavy atom. The monoisotopic (exact) mass is 867 g/mol. The molecular formula is C56H98O6. The SMILES string of the molecule is CC/C=C\C/C=C\CCCCCCCCCC(=O)OC(COC(=O)CCCCCCC\C=C/C=C\C=C/CCCCCCC)COC(=O)CCCCCCCCCCCCCC. The zero-order chi connectivity index (χ0) is 45.1. The molecule has 0 amide bonds. The molecule has 0 N–H and O–H groups in total. The van der Waals surface area contributed by atoms with Gasteiger partial charge in [0.2, 0.25) is 0 Å². The first kappa shape index (κ1) is 59.1. The third-order valence-corrected chi connectivity index (χ3v) is 11.3. The molecule has 62 heavy (non-hydrogen) atoms. The summed E-state index contributed by atoms with van der Waals surface area (Å²) < 4.78 is 16.8. The standard InChI is InChI=1S/C56H98O6/c1-4-7-10-13-16-19-22-25-27-28-29-30-32-34-37-40-43-46-49-55(58)61-52-53(51-60-54(57)48-45-42-39-36-33-24-21-18-15-12-9-6-3)62-56(59)50-47-44-41-38-35-31-26-23-20-17-14-11-8-5-2/h8,11,17,20,22,25,27-30,53H,4-7,9-10,12-16,18-19,21,23-24,26,31-52H2,1-3H3/b11-8-,20-17-,25-22-,28-27-,30-29-. The zero-order valence-electron chi connectivity index (χ0n) is 40.9. The van der Waals surface area contributed by atoms with Crippen molar-refractivity contribution in [3.05, 3.63) is 60.8 Å². The molecule has 0 aromatic rings. The number of allylic oxidation sites excluding steroid dienone is 10. The molecule has 6 nitrogen and oxygen atoms in total. The van der Waals surface area contributed by atoms with Crippen molar-refractivity contribution in [3.63, 3.8) is 0 Å². The van der Waals surface area contributed by atoms with E-state index in [1.165, 1.54) is 122 Å². The van der Waals surface area contributed by atoms with Crippen LogP contribution in [0, 0.1) is 0 Å². The van der Waals surface area contributed by atoms with Crippen molar-refractivity contribution in [3.8, 4) is 0 Å². The summed E-state index contributed by atoms with van der Waals surface area (Å²) in [5, 5.41) is 0. The maximum atomic E-state index is 12.8. The van der Waals surface area contributed by atoms with Gasteiger partial charge in [0.1, 0.15) is 13.2 Å². The third-order valence-electron chi connectivity index (χ3n) is 11.3. The normalized spacial score (nSPS) is 12.5. The van der Waals surface area contributed by atoms with Crippen LogP contribution in [-0.4, -0.2) is 37.2 Å². The van der Waals surface area contributed by atoms with Gasteiger partial charge < -0.3 is 14.2 Å². The number of unbranched alkanes of at least 4 members (excludes halogenated alkanes) is 28. The Kier molecular flexibility index (Phi) is 48.4. The van der Waals surface area contributed by atoms with Gasteiger partial charge in [-0.25, -0.2) is 0 Å². The van der Waals surface area contributed by atoms with Gasteiger partial charge in [-0.2, -0.15) is 0 Å². The summed E-state index contributed by atoms with van der Waals surface area (Å²) in [4.78, 5) is 38.0. The van der Waals surface area contributed by atoms with E-state index >= 15 is 0 Å². The number of rotatable bonds is 47. The lowest BCUT2D eigenvalue weighted by atomic mass is 10.0. The maximum Gasteiger partial charge on any atom is 0.306 e. The van der Waals surface area contributed by atoms with Crippen LogP contribution >= 0.6 is 0 Å². The average Bonchev–Trinajstić information content (AvgIpc) is 3.27. The molecule has 0 aliphatic carbocycles. The van der Waals surface area contributed by atoms with E-state index in [2.05, 4.69) is 81.5 Å². The molecule has 0 saturated heterocycles. The first-order valence-corrected chi connectivity index (χ1v) is 26.3. The van der Waals surface area contributed by atoms with E-state index in [1.807, 2.05) is 0 Å². The van der Waals surface area contributed by atoms with E-state index < -0.39 is 6.10 Å². The minimum absolute atomic E-state index is 0.0825. The van der Waals surface area contributed by atoms with Crippen LogP contribution in [0.4, 0.5) is 0 Å². The van der Waals surface area contributed by atoms with Gasteiger partial charge in [-0.05, 0) is 70.6 Å². The fourth-order valence-corrected chi connectivity index (χ4v) is 7.36. The highest BCUT2D eigenvalue weighted by Gasteiger charge is 2.19. The van der Waals surface area contributed by atoms with Crippen molar-refractivity contribution in [1.29, 1.82) is 0 Å². The topological polar surface area (TPSA) is 78.9 Å². The summed E-state index contributed by atoms with van der Waals surface area (Å²) >= 11 is 0. The van der Waals surface area contributed by atoms with Crippen LogP contribution in [0.2, 0.25) is 0 Å².